The largest absolute Gasteiger partial charge is 0.395 e. The summed E-state index contributed by atoms with van der Waals surface area (Å²) in [5.41, 5.74) is 1.99. The Labute approximate surface area is 114 Å². The minimum absolute atomic E-state index is 0.468. The first kappa shape index (κ1) is 12.6. The van der Waals surface area contributed by atoms with E-state index in [0.717, 1.165) is 49.9 Å². The second-order valence-corrected chi connectivity index (χ2v) is 5.45. The predicted octanol–water partition coefficient (Wildman–Crippen LogP) is 2.21. The summed E-state index contributed by atoms with van der Waals surface area (Å²) in [5.74, 6) is 1.21. The number of hydrogen-bond acceptors (Lipinski definition) is 4. The van der Waals surface area contributed by atoms with Crippen LogP contribution in [-0.2, 0) is 4.84 Å². The highest BCUT2D eigenvalue weighted by Crippen LogP contribution is 2.29. The van der Waals surface area contributed by atoms with E-state index in [0.29, 0.717) is 5.92 Å². The van der Waals surface area contributed by atoms with Crippen LogP contribution in [0.3, 0.4) is 0 Å². The number of hydrogen-bond donors (Lipinski definition) is 1. The molecule has 0 unspecified atom stereocenters. The molecule has 0 amide bonds. The number of pyridine rings is 1. The molecule has 102 valence electrons. The Balaban J connectivity index is 1.73. The third kappa shape index (κ3) is 3.53. The van der Waals surface area contributed by atoms with Crippen LogP contribution in [0.2, 0.25) is 0 Å². The highest BCUT2D eigenvalue weighted by molar-refractivity contribution is 6.00. The van der Waals surface area contributed by atoms with Gasteiger partial charge in [-0.25, -0.2) is 0 Å². The van der Waals surface area contributed by atoms with Crippen LogP contribution in [0.5, 0.6) is 0 Å². The molecular formula is C15H21N3O. The van der Waals surface area contributed by atoms with Crippen LogP contribution in [0.4, 0.5) is 0 Å². The van der Waals surface area contributed by atoms with E-state index in [1.807, 2.05) is 24.4 Å². The van der Waals surface area contributed by atoms with Crippen molar-refractivity contribution in [2.45, 2.75) is 25.7 Å². The molecule has 2 aliphatic rings. The van der Waals surface area contributed by atoms with Gasteiger partial charge in [-0.05, 0) is 56.8 Å². The van der Waals surface area contributed by atoms with Crippen molar-refractivity contribution in [3.63, 3.8) is 0 Å². The second kappa shape index (κ2) is 6.15. The van der Waals surface area contributed by atoms with Crippen LogP contribution >= 0.6 is 0 Å². The average molecular weight is 259 g/mol. The third-order valence-electron chi connectivity index (χ3n) is 3.82. The highest BCUT2D eigenvalue weighted by Gasteiger charge is 2.24. The minimum atomic E-state index is 0.468. The quantitative estimate of drug-likeness (QED) is 0.651. The van der Waals surface area contributed by atoms with Crippen molar-refractivity contribution >= 4 is 5.71 Å². The Kier molecular flexibility index (Phi) is 4.08. The van der Waals surface area contributed by atoms with Gasteiger partial charge in [0.25, 0.3) is 0 Å². The summed E-state index contributed by atoms with van der Waals surface area (Å²) in [6.45, 7) is 2.87. The topological polar surface area (TPSA) is 46.5 Å². The van der Waals surface area contributed by atoms with Gasteiger partial charge in [0.15, 0.2) is 0 Å². The smallest absolute Gasteiger partial charge is 0.120 e. The molecule has 1 saturated heterocycles. The van der Waals surface area contributed by atoms with Crippen LogP contribution < -0.4 is 5.32 Å². The molecule has 2 fully saturated rings. The zero-order chi connectivity index (χ0) is 12.9. The molecule has 0 radical (unpaired) electrons. The van der Waals surface area contributed by atoms with E-state index in [1.54, 1.807) is 0 Å². The molecule has 1 aromatic heterocycles. The minimum Gasteiger partial charge on any atom is -0.395 e. The average Bonchev–Trinajstić information content (AvgIpc) is 3.30. The Morgan fingerprint density at radius 2 is 2.11 bits per heavy atom. The van der Waals surface area contributed by atoms with E-state index in [9.17, 15) is 0 Å². The maximum atomic E-state index is 5.55. The molecule has 3 rings (SSSR count). The molecule has 1 N–H and O–H groups in total. The molecule has 1 aromatic rings. The van der Waals surface area contributed by atoms with E-state index in [2.05, 4.69) is 15.5 Å². The molecule has 0 aromatic carbocycles. The van der Waals surface area contributed by atoms with E-state index in [-0.39, 0.29) is 0 Å². The van der Waals surface area contributed by atoms with Crippen molar-refractivity contribution in [3.8, 4) is 0 Å². The van der Waals surface area contributed by atoms with Crippen LogP contribution in [0, 0.1) is 11.8 Å². The summed E-state index contributed by atoms with van der Waals surface area (Å²) < 4.78 is 0. The first-order valence-corrected chi connectivity index (χ1v) is 7.25. The number of piperidine rings is 1. The van der Waals surface area contributed by atoms with Crippen LogP contribution in [0.25, 0.3) is 0 Å². The van der Waals surface area contributed by atoms with Crippen molar-refractivity contribution in [1.82, 2.24) is 10.3 Å². The van der Waals surface area contributed by atoms with Crippen molar-refractivity contribution in [2.24, 2.45) is 17.0 Å². The van der Waals surface area contributed by atoms with Gasteiger partial charge in [0.05, 0.1) is 5.69 Å². The fraction of sp³-hybridized carbons (Fsp3) is 0.600. The van der Waals surface area contributed by atoms with E-state index < -0.39 is 0 Å². The van der Waals surface area contributed by atoms with Crippen LogP contribution in [-0.4, -0.2) is 30.4 Å². The van der Waals surface area contributed by atoms with Crippen LogP contribution in [0.15, 0.2) is 29.6 Å². The monoisotopic (exact) mass is 259 g/mol. The van der Waals surface area contributed by atoms with Crippen molar-refractivity contribution in [2.75, 3.05) is 19.7 Å². The lowest BCUT2D eigenvalue weighted by molar-refractivity contribution is 0.132. The predicted molar refractivity (Wildman–Crippen MR) is 75.0 cm³/mol. The molecule has 1 saturated carbocycles. The third-order valence-corrected chi connectivity index (χ3v) is 3.82. The lowest BCUT2D eigenvalue weighted by Crippen LogP contribution is -2.32. The summed E-state index contributed by atoms with van der Waals surface area (Å²) in [7, 11) is 0. The van der Waals surface area contributed by atoms with Gasteiger partial charge in [-0.15, -0.1) is 0 Å². The molecule has 1 aliphatic carbocycles. The van der Waals surface area contributed by atoms with Gasteiger partial charge in [-0.2, -0.15) is 0 Å². The number of oxime groups is 1. The SMILES string of the molecule is c1ccc(/C(=N\OCC2CC2)C2CCNCC2)nc1. The molecule has 4 nitrogen and oxygen atoms in total. The number of nitrogens with zero attached hydrogens (tertiary/aromatic N) is 2. The lowest BCUT2D eigenvalue weighted by Gasteiger charge is -2.23. The van der Waals surface area contributed by atoms with E-state index in [1.165, 1.54) is 12.8 Å². The van der Waals surface area contributed by atoms with E-state index >= 15 is 0 Å². The Bertz CT molecular complexity index is 422. The first-order chi connectivity index (χ1) is 9.43. The molecule has 2 heterocycles. The summed E-state index contributed by atoms with van der Waals surface area (Å²) >= 11 is 0. The zero-order valence-electron chi connectivity index (χ0n) is 11.2. The molecule has 4 heteroatoms. The number of aromatic nitrogens is 1. The van der Waals surface area contributed by atoms with Gasteiger partial charge in [0, 0.05) is 12.1 Å². The fourth-order valence-electron chi connectivity index (χ4n) is 2.44. The zero-order valence-corrected chi connectivity index (χ0v) is 11.2. The number of rotatable bonds is 5. The Morgan fingerprint density at radius 1 is 1.26 bits per heavy atom. The summed E-state index contributed by atoms with van der Waals surface area (Å²) in [6.07, 6.45) is 6.64. The standard InChI is InChI=1S/C15H21N3O/c1-2-8-17-14(3-1)15(13-6-9-16-10-7-13)18-19-11-12-4-5-12/h1-3,8,12-13,16H,4-7,9-11H2/b18-15-. The summed E-state index contributed by atoms with van der Waals surface area (Å²) in [5, 5.41) is 7.81. The van der Waals surface area contributed by atoms with Gasteiger partial charge >= 0.3 is 0 Å². The van der Waals surface area contributed by atoms with Gasteiger partial charge in [0.1, 0.15) is 12.3 Å². The van der Waals surface area contributed by atoms with Gasteiger partial charge < -0.3 is 10.2 Å². The van der Waals surface area contributed by atoms with E-state index in [4.69, 9.17) is 4.84 Å². The molecule has 19 heavy (non-hydrogen) atoms. The molecule has 0 atom stereocenters. The Morgan fingerprint density at radius 3 is 2.79 bits per heavy atom. The first-order valence-electron chi connectivity index (χ1n) is 7.25. The second-order valence-electron chi connectivity index (χ2n) is 5.45. The maximum absolute atomic E-state index is 5.55. The van der Waals surface area contributed by atoms with Crippen LogP contribution in [0.1, 0.15) is 31.4 Å². The van der Waals surface area contributed by atoms with Crippen molar-refractivity contribution in [3.05, 3.63) is 30.1 Å². The lowest BCUT2D eigenvalue weighted by atomic mass is 9.91. The molecule has 0 bridgehead atoms. The Hall–Kier alpha value is -1.42. The van der Waals surface area contributed by atoms with Gasteiger partial charge in [0.2, 0.25) is 0 Å². The number of nitrogens with one attached hydrogen (secondary N) is 1. The van der Waals surface area contributed by atoms with Gasteiger partial charge in [-0.3, -0.25) is 4.98 Å². The highest BCUT2D eigenvalue weighted by atomic mass is 16.6. The molecule has 0 spiro atoms. The molecule has 1 aliphatic heterocycles. The van der Waals surface area contributed by atoms with Crippen molar-refractivity contribution < 1.29 is 4.84 Å². The summed E-state index contributed by atoms with van der Waals surface area (Å²) in [6, 6.07) is 5.98. The molecular weight excluding hydrogens is 238 g/mol. The maximum Gasteiger partial charge on any atom is 0.120 e. The van der Waals surface area contributed by atoms with Gasteiger partial charge in [-0.1, -0.05) is 11.2 Å². The normalized spacial score (nSPS) is 21.4. The van der Waals surface area contributed by atoms with Crippen molar-refractivity contribution in [1.29, 1.82) is 0 Å². The summed E-state index contributed by atoms with van der Waals surface area (Å²) in [4.78, 5) is 9.99. The fourth-order valence-corrected chi connectivity index (χ4v) is 2.44.